The highest BCUT2D eigenvalue weighted by Gasteiger charge is 2.24. The zero-order valence-corrected chi connectivity index (χ0v) is 11.4. The molecule has 21 heavy (non-hydrogen) atoms. The van der Waals surface area contributed by atoms with Crippen molar-refractivity contribution in [3.05, 3.63) is 74.9 Å². The Hall–Kier alpha value is -2.62. The minimum atomic E-state index is -0.397. The van der Waals surface area contributed by atoms with Gasteiger partial charge in [0.2, 0.25) is 0 Å². The molecule has 1 fully saturated rings. The van der Waals surface area contributed by atoms with Gasteiger partial charge >= 0.3 is 5.69 Å². The SMILES string of the molecule is O=c1[nH]c(=O)n(-c2ccccc2)c2cc(C3CC3)ccc12. The summed E-state index contributed by atoms with van der Waals surface area (Å²) in [6.45, 7) is 0. The van der Waals surface area contributed by atoms with E-state index < -0.39 is 5.69 Å². The summed E-state index contributed by atoms with van der Waals surface area (Å²) in [5, 5.41) is 0.544. The number of aromatic amines is 1. The Morgan fingerprint density at radius 3 is 2.48 bits per heavy atom. The van der Waals surface area contributed by atoms with Gasteiger partial charge < -0.3 is 0 Å². The van der Waals surface area contributed by atoms with Crippen molar-refractivity contribution in [3.8, 4) is 5.69 Å². The third-order valence-corrected chi connectivity index (χ3v) is 3.99. The summed E-state index contributed by atoms with van der Waals surface area (Å²) in [7, 11) is 0. The van der Waals surface area contributed by atoms with Gasteiger partial charge in [-0.15, -0.1) is 0 Å². The lowest BCUT2D eigenvalue weighted by molar-refractivity contribution is 0.940. The van der Waals surface area contributed by atoms with E-state index in [4.69, 9.17) is 0 Å². The van der Waals surface area contributed by atoms with Crippen LogP contribution in [-0.4, -0.2) is 9.55 Å². The summed E-state index contributed by atoms with van der Waals surface area (Å²) < 4.78 is 1.57. The molecular formula is C17H14N2O2. The number of nitrogens with zero attached hydrogens (tertiary/aromatic N) is 1. The molecule has 0 saturated heterocycles. The van der Waals surface area contributed by atoms with Gasteiger partial charge in [0.25, 0.3) is 5.56 Å². The van der Waals surface area contributed by atoms with Gasteiger partial charge in [-0.25, -0.2) is 4.79 Å². The maximum absolute atomic E-state index is 12.3. The van der Waals surface area contributed by atoms with Crippen LogP contribution >= 0.6 is 0 Å². The number of nitrogens with one attached hydrogen (secondary N) is 1. The minimum Gasteiger partial charge on any atom is -0.273 e. The third-order valence-electron chi connectivity index (χ3n) is 3.99. The lowest BCUT2D eigenvalue weighted by Crippen LogP contribution is -2.29. The van der Waals surface area contributed by atoms with Gasteiger partial charge in [-0.3, -0.25) is 14.3 Å². The zero-order chi connectivity index (χ0) is 14.4. The van der Waals surface area contributed by atoms with Crippen molar-refractivity contribution in [2.75, 3.05) is 0 Å². The minimum absolute atomic E-state index is 0.329. The fourth-order valence-electron chi connectivity index (χ4n) is 2.76. The number of para-hydroxylation sites is 1. The second-order valence-corrected chi connectivity index (χ2v) is 5.48. The Morgan fingerprint density at radius 2 is 1.76 bits per heavy atom. The van der Waals surface area contributed by atoms with Gasteiger partial charge in [0.15, 0.2) is 0 Å². The summed E-state index contributed by atoms with van der Waals surface area (Å²) in [5.41, 5.74) is 1.92. The van der Waals surface area contributed by atoms with Gasteiger partial charge in [0, 0.05) is 0 Å². The quantitative estimate of drug-likeness (QED) is 0.783. The second-order valence-electron chi connectivity index (χ2n) is 5.48. The standard InChI is InChI=1S/C17H14N2O2/c20-16-14-9-8-12(11-6-7-11)10-15(14)19(17(21)18-16)13-4-2-1-3-5-13/h1-5,8-11H,6-7H2,(H,18,20,21). The van der Waals surface area contributed by atoms with Crippen LogP contribution in [0.5, 0.6) is 0 Å². The normalized spacial score (nSPS) is 14.5. The van der Waals surface area contributed by atoms with E-state index >= 15 is 0 Å². The Labute approximate surface area is 120 Å². The van der Waals surface area contributed by atoms with E-state index in [1.54, 1.807) is 4.57 Å². The largest absolute Gasteiger partial charge is 0.333 e. The summed E-state index contributed by atoms with van der Waals surface area (Å²) in [6.07, 6.45) is 2.37. The van der Waals surface area contributed by atoms with Crippen molar-refractivity contribution in [1.29, 1.82) is 0 Å². The van der Waals surface area contributed by atoms with Crippen LogP contribution in [0, 0.1) is 0 Å². The number of hydrogen-bond acceptors (Lipinski definition) is 2. The Balaban J connectivity index is 2.10. The fraction of sp³-hybridized carbons (Fsp3) is 0.176. The molecule has 2 aromatic carbocycles. The van der Waals surface area contributed by atoms with E-state index in [1.807, 2.05) is 48.5 Å². The zero-order valence-electron chi connectivity index (χ0n) is 11.4. The summed E-state index contributed by atoms with van der Waals surface area (Å²) >= 11 is 0. The molecule has 0 aliphatic heterocycles. The molecule has 104 valence electrons. The fourth-order valence-corrected chi connectivity index (χ4v) is 2.76. The topological polar surface area (TPSA) is 54.9 Å². The van der Waals surface area contributed by atoms with Crippen LogP contribution in [0.1, 0.15) is 24.3 Å². The van der Waals surface area contributed by atoms with E-state index in [0.29, 0.717) is 16.8 Å². The van der Waals surface area contributed by atoms with Gasteiger partial charge in [-0.05, 0) is 48.6 Å². The first-order valence-electron chi connectivity index (χ1n) is 7.08. The van der Waals surface area contributed by atoms with Crippen molar-refractivity contribution in [2.45, 2.75) is 18.8 Å². The Kier molecular flexibility index (Phi) is 2.57. The second kappa shape index (κ2) is 4.45. The van der Waals surface area contributed by atoms with E-state index in [-0.39, 0.29) is 5.56 Å². The molecule has 1 aliphatic carbocycles. The monoisotopic (exact) mass is 278 g/mol. The average molecular weight is 278 g/mol. The van der Waals surface area contributed by atoms with Crippen LogP contribution < -0.4 is 11.2 Å². The Bertz CT molecular complexity index is 934. The number of fused-ring (bicyclic) bond motifs is 1. The smallest absolute Gasteiger partial charge is 0.273 e. The molecule has 0 unspecified atom stereocenters. The average Bonchev–Trinajstić information content (AvgIpc) is 3.32. The van der Waals surface area contributed by atoms with Crippen LogP contribution in [-0.2, 0) is 0 Å². The predicted octanol–water partition coefficient (Wildman–Crippen LogP) is 2.56. The van der Waals surface area contributed by atoms with Crippen molar-refractivity contribution in [3.63, 3.8) is 0 Å². The highest BCUT2D eigenvalue weighted by Crippen LogP contribution is 2.40. The van der Waals surface area contributed by atoms with Gasteiger partial charge in [0.1, 0.15) is 0 Å². The van der Waals surface area contributed by atoms with Crippen LogP contribution in [0.25, 0.3) is 16.6 Å². The molecule has 1 aromatic heterocycles. The molecule has 1 N–H and O–H groups in total. The lowest BCUT2D eigenvalue weighted by atomic mass is 10.1. The van der Waals surface area contributed by atoms with Crippen molar-refractivity contribution in [1.82, 2.24) is 9.55 Å². The first kappa shape index (κ1) is 12.1. The van der Waals surface area contributed by atoms with Crippen LogP contribution in [0.2, 0.25) is 0 Å². The van der Waals surface area contributed by atoms with E-state index in [1.165, 1.54) is 18.4 Å². The first-order chi connectivity index (χ1) is 10.2. The molecule has 0 radical (unpaired) electrons. The molecule has 3 aromatic rings. The molecule has 0 spiro atoms. The molecule has 1 aliphatic rings. The molecule has 1 heterocycles. The summed E-state index contributed by atoms with van der Waals surface area (Å²) in [5.74, 6) is 0.577. The molecular weight excluding hydrogens is 264 g/mol. The number of hydrogen-bond donors (Lipinski definition) is 1. The number of aromatic nitrogens is 2. The molecule has 4 heteroatoms. The highest BCUT2D eigenvalue weighted by molar-refractivity contribution is 5.80. The van der Waals surface area contributed by atoms with Gasteiger partial charge in [-0.2, -0.15) is 0 Å². The van der Waals surface area contributed by atoms with Gasteiger partial charge in [0.05, 0.1) is 16.6 Å². The summed E-state index contributed by atoms with van der Waals surface area (Å²) in [4.78, 5) is 26.7. The van der Waals surface area contributed by atoms with Crippen LogP contribution in [0.3, 0.4) is 0 Å². The molecule has 1 saturated carbocycles. The van der Waals surface area contributed by atoms with E-state index in [2.05, 4.69) is 4.98 Å². The summed E-state index contributed by atoms with van der Waals surface area (Å²) in [6, 6.07) is 15.2. The molecule has 0 amide bonds. The first-order valence-corrected chi connectivity index (χ1v) is 7.08. The van der Waals surface area contributed by atoms with Crippen LogP contribution in [0.15, 0.2) is 58.1 Å². The predicted molar refractivity (Wildman–Crippen MR) is 82.1 cm³/mol. The van der Waals surface area contributed by atoms with Crippen molar-refractivity contribution >= 4 is 10.9 Å². The number of rotatable bonds is 2. The molecule has 0 bridgehead atoms. The van der Waals surface area contributed by atoms with Crippen molar-refractivity contribution in [2.24, 2.45) is 0 Å². The number of H-pyrrole nitrogens is 1. The van der Waals surface area contributed by atoms with E-state index in [9.17, 15) is 9.59 Å². The maximum Gasteiger partial charge on any atom is 0.333 e. The number of benzene rings is 2. The van der Waals surface area contributed by atoms with E-state index in [0.717, 1.165) is 5.69 Å². The lowest BCUT2D eigenvalue weighted by Gasteiger charge is -2.10. The highest BCUT2D eigenvalue weighted by atomic mass is 16.2. The molecule has 4 rings (SSSR count). The van der Waals surface area contributed by atoms with Gasteiger partial charge in [-0.1, -0.05) is 24.3 Å². The molecule has 4 nitrogen and oxygen atoms in total. The molecule has 0 atom stereocenters. The third kappa shape index (κ3) is 2.00. The van der Waals surface area contributed by atoms with Crippen LogP contribution in [0.4, 0.5) is 0 Å². The Morgan fingerprint density at radius 1 is 1.00 bits per heavy atom. The maximum atomic E-state index is 12.3. The van der Waals surface area contributed by atoms with Crippen molar-refractivity contribution < 1.29 is 0 Å².